The Morgan fingerprint density at radius 1 is 1.41 bits per heavy atom. The van der Waals surface area contributed by atoms with Gasteiger partial charge in [0.1, 0.15) is 18.8 Å². The Bertz CT molecular complexity index is 439. The highest BCUT2D eigenvalue weighted by Crippen LogP contribution is 2.34. The van der Waals surface area contributed by atoms with E-state index in [2.05, 4.69) is 0 Å². The molecule has 0 spiro atoms. The first kappa shape index (κ1) is 11.6. The quantitative estimate of drug-likeness (QED) is 0.587. The fourth-order valence-electron chi connectivity index (χ4n) is 1.91. The largest absolute Gasteiger partial charge is 0.492 e. The van der Waals surface area contributed by atoms with Crippen molar-refractivity contribution >= 4 is 11.8 Å². The number of Topliss-reactive ketones (excluding diaryl/α,β-unsaturated/α-hetero) is 1. The van der Waals surface area contributed by atoms with Crippen LogP contribution in [0.5, 0.6) is 5.75 Å². The molecule has 0 radical (unpaired) electrons. The minimum Gasteiger partial charge on any atom is -0.492 e. The molecule has 0 bridgehead atoms. The molecule has 0 amide bonds. The average molecular weight is 234 g/mol. The molecular weight excluding hydrogens is 220 g/mol. The summed E-state index contributed by atoms with van der Waals surface area (Å²) < 4.78 is 10.2. The van der Waals surface area contributed by atoms with Gasteiger partial charge in [-0.15, -0.1) is 0 Å². The number of esters is 1. The summed E-state index contributed by atoms with van der Waals surface area (Å²) in [5.74, 6) is -0.222. The Morgan fingerprint density at radius 2 is 2.18 bits per heavy atom. The monoisotopic (exact) mass is 234 g/mol. The Hall–Kier alpha value is -1.84. The van der Waals surface area contributed by atoms with Gasteiger partial charge in [-0.25, -0.2) is 0 Å². The van der Waals surface area contributed by atoms with Crippen LogP contribution < -0.4 is 4.74 Å². The smallest absolute Gasteiger partial charge is 0.313 e. The summed E-state index contributed by atoms with van der Waals surface area (Å²) in [4.78, 5) is 23.2. The molecule has 1 heterocycles. The molecule has 0 fully saturated rings. The number of fused-ring (bicyclic) bond motifs is 1. The lowest BCUT2D eigenvalue weighted by Crippen LogP contribution is -2.19. The number of carbonyl (C=O) groups excluding carboxylic acids is 2. The predicted octanol–water partition coefficient (Wildman–Crippen LogP) is 1.68. The van der Waals surface area contributed by atoms with Crippen LogP contribution in [0.15, 0.2) is 24.3 Å². The minimum absolute atomic E-state index is 0.145. The predicted molar refractivity (Wildman–Crippen MR) is 60.9 cm³/mol. The molecular formula is C13H14O4. The Labute approximate surface area is 99.5 Å². The van der Waals surface area contributed by atoms with Crippen molar-refractivity contribution in [3.63, 3.8) is 0 Å². The van der Waals surface area contributed by atoms with E-state index in [1.54, 1.807) is 6.92 Å². The standard InChI is InChI=1S/C13H14O4/c1-2-16-13(15)7-11(14)10-8-17-12-6-4-3-5-9(10)12/h3-6,10H,2,7-8H2,1H3. The second-order valence-corrected chi connectivity index (χ2v) is 3.85. The maximum absolute atomic E-state index is 11.9. The van der Waals surface area contributed by atoms with Crippen LogP contribution in [-0.4, -0.2) is 25.0 Å². The molecule has 2 rings (SSSR count). The topological polar surface area (TPSA) is 52.6 Å². The first-order valence-corrected chi connectivity index (χ1v) is 5.62. The zero-order valence-corrected chi connectivity index (χ0v) is 9.64. The lowest BCUT2D eigenvalue weighted by molar-refractivity contribution is -0.145. The first-order chi connectivity index (χ1) is 8.22. The highest BCUT2D eigenvalue weighted by Gasteiger charge is 2.31. The molecule has 0 saturated heterocycles. The second kappa shape index (κ2) is 4.99. The van der Waals surface area contributed by atoms with Crippen molar-refractivity contribution in [2.75, 3.05) is 13.2 Å². The zero-order chi connectivity index (χ0) is 12.3. The van der Waals surface area contributed by atoms with Crippen molar-refractivity contribution in [2.24, 2.45) is 0 Å². The summed E-state index contributed by atoms with van der Waals surface area (Å²) in [6.45, 7) is 2.33. The van der Waals surface area contributed by atoms with Gasteiger partial charge in [-0.05, 0) is 13.0 Å². The van der Waals surface area contributed by atoms with E-state index in [9.17, 15) is 9.59 Å². The summed E-state index contributed by atoms with van der Waals surface area (Å²) in [5.41, 5.74) is 0.863. The molecule has 1 aliphatic rings. The summed E-state index contributed by atoms with van der Waals surface area (Å²) in [6, 6.07) is 7.40. The van der Waals surface area contributed by atoms with Crippen molar-refractivity contribution in [3.8, 4) is 5.75 Å². The molecule has 1 atom stereocenters. The molecule has 1 unspecified atom stereocenters. The lowest BCUT2D eigenvalue weighted by atomic mass is 9.95. The van der Waals surface area contributed by atoms with Crippen molar-refractivity contribution in [1.82, 2.24) is 0 Å². The van der Waals surface area contributed by atoms with Gasteiger partial charge >= 0.3 is 5.97 Å². The van der Waals surface area contributed by atoms with Crippen LogP contribution in [0, 0.1) is 0 Å². The summed E-state index contributed by atoms with van der Waals surface area (Å²) >= 11 is 0. The average Bonchev–Trinajstić information content (AvgIpc) is 2.72. The van der Waals surface area contributed by atoms with E-state index >= 15 is 0 Å². The van der Waals surface area contributed by atoms with Crippen LogP contribution in [-0.2, 0) is 14.3 Å². The van der Waals surface area contributed by atoms with Gasteiger partial charge in [-0.2, -0.15) is 0 Å². The molecule has 4 heteroatoms. The van der Waals surface area contributed by atoms with Crippen molar-refractivity contribution in [2.45, 2.75) is 19.3 Å². The number of rotatable bonds is 4. The van der Waals surface area contributed by atoms with E-state index in [0.29, 0.717) is 13.2 Å². The summed E-state index contributed by atoms with van der Waals surface area (Å²) in [5, 5.41) is 0. The third-order valence-electron chi connectivity index (χ3n) is 2.71. The molecule has 0 aliphatic carbocycles. The van der Waals surface area contributed by atoms with E-state index in [4.69, 9.17) is 9.47 Å². The SMILES string of the molecule is CCOC(=O)CC(=O)C1COc2ccccc21. The van der Waals surface area contributed by atoms with E-state index in [1.165, 1.54) is 0 Å². The Kier molecular flexibility index (Phi) is 3.42. The second-order valence-electron chi connectivity index (χ2n) is 3.85. The van der Waals surface area contributed by atoms with Crippen LogP contribution in [0.4, 0.5) is 0 Å². The van der Waals surface area contributed by atoms with E-state index in [-0.39, 0.29) is 18.1 Å². The molecule has 1 aromatic rings. The third kappa shape index (κ3) is 2.46. The first-order valence-electron chi connectivity index (χ1n) is 5.62. The normalized spacial score (nSPS) is 17.1. The molecule has 1 aromatic carbocycles. The van der Waals surface area contributed by atoms with Crippen molar-refractivity contribution < 1.29 is 19.1 Å². The van der Waals surface area contributed by atoms with E-state index < -0.39 is 5.97 Å². The fraction of sp³-hybridized carbons (Fsp3) is 0.385. The van der Waals surface area contributed by atoms with Gasteiger partial charge in [0, 0.05) is 5.56 Å². The van der Waals surface area contributed by atoms with Gasteiger partial charge in [-0.1, -0.05) is 18.2 Å². The van der Waals surface area contributed by atoms with Gasteiger partial charge in [0.15, 0.2) is 5.78 Å². The van der Waals surface area contributed by atoms with Gasteiger partial charge in [0.05, 0.1) is 12.5 Å². The van der Waals surface area contributed by atoms with E-state index in [0.717, 1.165) is 11.3 Å². The van der Waals surface area contributed by atoms with Crippen LogP contribution in [0.2, 0.25) is 0 Å². The number of carbonyl (C=O) groups is 2. The van der Waals surface area contributed by atoms with Gasteiger partial charge in [0.2, 0.25) is 0 Å². The molecule has 0 N–H and O–H groups in total. The highest BCUT2D eigenvalue weighted by atomic mass is 16.5. The summed E-state index contributed by atoms with van der Waals surface area (Å²) in [6.07, 6.45) is -0.184. The minimum atomic E-state index is -0.470. The molecule has 17 heavy (non-hydrogen) atoms. The molecule has 0 saturated carbocycles. The third-order valence-corrected chi connectivity index (χ3v) is 2.71. The number of hydrogen-bond acceptors (Lipinski definition) is 4. The lowest BCUT2D eigenvalue weighted by Gasteiger charge is -2.07. The number of benzene rings is 1. The number of ketones is 1. The molecule has 1 aliphatic heterocycles. The van der Waals surface area contributed by atoms with Crippen LogP contribution >= 0.6 is 0 Å². The van der Waals surface area contributed by atoms with Gasteiger partial charge in [0.25, 0.3) is 0 Å². The van der Waals surface area contributed by atoms with Gasteiger partial charge < -0.3 is 9.47 Å². The fourth-order valence-corrected chi connectivity index (χ4v) is 1.91. The maximum atomic E-state index is 11.9. The van der Waals surface area contributed by atoms with Crippen LogP contribution in [0.3, 0.4) is 0 Å². The van der Waals surface area contributed by atoms with Crippen molar-refractivity contribution in [1.29, 1.82) is 0 Å². The maximum Gasteiger partial charge on any atom is 0.313 e. The number of ether oxygens (including phenoxy) is 2. The van der Waals surface area contributed by atoms with Crippen molar-refractivity contribution in [3.05, 3.63) is 29.8 Å². The van der Waals surface area contributed by atoms with E-state index in [1.807, 2.05) is 24.3 Å². The summed E-state index contributed by atoms with van der Waals surface area (Å²) in [7, 11) is 0. The Balaban J connectivity index is 2.05. The van der Waals surface area contributed by atoms with Crippen LogP contribution in [0.1, 0.15) is 24.8 Å². The molecule has 4 nitrogen and oxygen atoms in total. The molecule has 0 aromatic heterocycles. The Morgan fingerprint density at radius 3 is 2.94 bits per heavy atom. The van der Waals surface area contributed by atoms with Gasteiger partial charge in [-0.3, -0.25) is 9.59 Å². The number of para-hydroxylation sites is 1. The number of hydrogen-bond donors (Lipinski definition) is 0. The van der Waals surface area contributed by atoms with Crippen LogP contribution in [0.25, 0.3) is 0 Å². The molecule has 90 valence electrons. The highest BCUT2D eigenvalue weighted by molar-refractivity contribution is 5.99. The zero-order valence-electron chi connectivity index (χ0n) is 9.64.